The highest BCUT2D eigenvalue weighted by Gasteiger charge is 2.39. The molecule has 42 heavy (non-hydrogen) atoms. The lowest BCUT2D eigenvalue weighted by Crippen LogP contribution is -2.29. The number of hydrogen-bond donors (Lipinski definition) is 0. The van der Waals surface area contributed by atoms with Crippen LogP contribution >= 0.6 is 0 Å². The molecule has 0 bridgehead atoms. The van der Waals surface area contributed by atoms with Crippen molar-refractivity contribution in [3.8, 4) is 11.1 Å². The first kappa shape index (κ1) is 27.3. The largest absolute Gasteiger partial charge is 0.467 e. The van der Waals surface area contributed by atoms with E-state index in [4.69, 9.17) is 4.74 Å². The summed E-state index contributed by atoms with van der Waals surface area (Å²) in [5.41, 5.74) is 2.02. The molecule has 2 heterocycles. The standard InChI is InChI=1S/C34H27F3N2O3/c1-42-33(41)29-21-38(20-22-9-3-2-4-10-22)32-31(25-14-8-15-27(18-25)34(35,36)37)26(19-30(40)39(29)32)17-24-13-7-12-23-11-5-6-16-28(23)24/h2-16,18-19,29H,17,20-21H2,1H3. The molecule has 5 aromatic rings. The first-order valence-electron chi connectivity index (χ1n) is 13.5. The van der Waals surface area contributed by atoms with Gasteiger partial charge >= 0.3 is 12.1 Å². The summed E-state index contributed by atoms with van der Waals surface area (Å²) in [5, 5.41) is 2.01. The van der Waals surface area contributed by atoms with Crippen molar-refractivity contribution in [1.29, 1.82) is 0 Å². The van der Waals surface area contributed by atoms with Crippen molar-refractivity contribution in [3.05, 3.63) is 136 Å². The molecule has 8 heteroatoms. The summed E-state index contributed by atoms with van der Waals surface area (Å²) in [6.07, 6.45) is -4.25. The van der Waals surface area contributed by atoms with E-state index in [2.05, 4.69) is 0 Å². The molecule has 0 N–H and O–H groups in total. The molecule has 1 aliphatic rings. The molecule has 4 aromatic carbocycles. The monoisotopic (exact) mass is 568 g/mol. The fraction of sp³-hybridized carbons (Fsp3) is 0.176. The van der Waals surface area contributed by atoms with Crippen LogP contribution in [-0.4, -0.2) is 24.2 Å². The summed E-state index contributed by atoms with van der Waals surface area (Å²) in [6, 6.07) is 28.9. The molecule has 5 nitrogen and oxygen atoms in total. The molecule has 212 valence electrons. The first-order chi connectivity index (χ1) is 20.2. The number of pyridine rings is 1. The summed E-state index contributed by atoms with van der Waals surface area (Å²) in [5.74, 6) is -0.193. The van der Waals surface area contributed by atoms with Crippen LogP contribution in [0.5, 0.6) is 0 Å². The predicted molar refractivity (Wildman–Crippen MR) is 156 cm³/mol. The second-order valence-corrected chi connectivity index (χ2v) is 10.4. The number of hydrogen-bond acceptors (Lipinski definition) is 4. The van der Waals surface area contributed by atoms with E-state index in [0.717, 1.165) is 34.0 Å². The summed E-state index contributed by atoms with van der Waals surface area (Å²) < 4.78 is 48.1. The van der Waals surface area contributed by atoms with Crippen LogP contribution in [-0.2, 0) is 28.7 Å². The van der Waals surface area contributed by atoms with Gasteiger partial charge in [-0.3, -0.25) is 9.36 Å². The number of fused-ring (bicyclic) bond motifs is 2. The number of rotatable bonds is 6. The van der Waals surface area contributed by atoms with Crippen molar-refractivity contribution < 1.29 is 22.7 Å². The molecule has 1 unspecified atom stereocenters. The highest BCUT2D eigenvalue weighted by molar-refractivity contribution is 5.88. The fourth-order valence-electron chi connectivity index (χ4n) is 5.86. The third-order valence-electron chi connectivity index (χ3n) is 7.74. The zero-order valence-electron chi connectivity index (χ0n) is 22.8. The Kier molecular flexibility index (Phi) is 7.06. The molecule has 1 aromatic heterocycles. The number of alkyl halides is 3. The van der Waals surface area contributed by atoms with E-state index in [9.17, 15) is 22.8 Å². The molecule has 0 saturated carbocycles. The van der Waals surface area contributed by atoms with Crippen LogP contribution in [0.4, 0.5) is 19.0 Å². The van der Waals surface area contributed by atoms with Gasteiger partial charge in [0.15, 0.2) is 6.04 Å². The second kappa shape index (κ2) is 10.9. The number of nitrogens with zero attached hydrogens (tertiary/aromatic N) is 2. The number of methoxy groups -OCH3 is 1. The molecule has 0 saturated heterocycles. The van der Waals surface area contributed by atoms with Crippen molar-refractivity contribution in [3.63, 3.8) is 0 Å². The van der Waals surface area contributed by atoms with Gasteiger partial charge in [0.25, 0.3) is 5.56 Å². The highest BCUT2D eigenvalue weighted by atomic mass is 19.4. The van der Waals surface area contributed by atoms with Crippen molar-refractivity contribution in [1.82, 2.24) is 4.57 Å². The average Bonchev–Trinajstić information content (AvgIpc) is 3.36. The number of anilines is 1. The maximum absolute atomic E-state index is 13.9. The van der Waals surface area contributed by atoms with Gasteiger partial charge in [0.1, 0.15) is 5.82 Å². The molecule has 0 aliphatic carbocycles. The fourth-order valence-corrected chi connectivity index (χ4v) is 5.86. The van der Waals surface area contributed by atoms with Crippen LogP contribution in [0.15, 0.2) is 108 Å². The molecular weight excluding hydrogens is 541 g/mol. The highest BCUT2D eigenvalue weighted by Crippen LogP contribution is 2.42. The molecule has 0 spiro atoms. The molecule has 6 rings (SSSR count). The molecule has 0 amide bonds. The molecule has 1 aliphatic heterocycles. The minimum Gasteiger partial charge on any atom is -0.467 e. The lowest BCUT2D eigenvalue weighted by Gasteiger charge is -2.24. The number of carbonyl (C=O) groups is 1. The third-order valence-corrected chi connectivity index (χ3v) is 7.74. The van der Waals surface area contributed by atoms with Gasteiger partial charge in [0.05, 0.1) is 19.2 Å². The van der Waals surface area contributed by atoms with Gasteiger partial charge in [-0.1, -0.05) is 84.9 Å². The quantitative estimate of drug-likeness (QED) is 0.207. The molecular formula is C34H27F3N2O3. The summed E-state index contributed by atoms with van der Waals surface area (Å²) in [7, 11) is 1.26. The van der Waals surface area contributed by atoms with E-state index in [1.165, 1.54) is 23.8 Å². The Morgan fingerprint density at radius 1 is 0.881 bits per heavy atom. The number of halogens is 3. The smallest absolute Gasteiger partial charge is 0.416 e. The maximum atomic E-state index is 13.9. The minimum absolute atomic E-state index is 0.139. The minimum atomic E-state index is -4.56. The molecule has 1 atom stereocenters. The number of ether oxygens (including phenoxy) is 1. The summed E-state index contributed by atoms with van der Waals surface area (Å²) in [6.45, 7) is 0.484. The van der Waals surface area contributed by atoms with Crippen molar-refractivity contribution in [2.75, 3.05) is 18.6 Å². The van der Waals surface area contributed by atoms with Gasteiger partial charge in [0.2, 0.25) is 0 Å². The number of aromatic nitrogens is 1. The normalized spacial score (nSPS) is 14.7. The second-order valence-electron chi connectivity index (χ2n) is 10.4. The van der Waals surface area contributed by atoms with E-state index >= 15 is 0 Å². The van der Waals surface area contributed by atoms with Crippen LogP contribution in [0.1, 0.15) is 28.3 Å². The zero-order valence-corrected chi connectivity index (χ0v) is 22.8. The zero-order chi connectivity index (χ0) is 29.4. The third kappa shape index (κ3) is 5.04. The Morgan fingerprint density at radius 2 is 1.60 bits per heavy atom. The number of carbonyl (C=O) groups excluding carboxylic acids is 1. The van der Waals surface area contributed by atoms with Gasteiger partial charge in [-0.05, 0) is 51.6 Å². The predicted octanol–water partition coefficient (Wildman–Crippen LogP) is 7.01. The van der Waals surface area contributed by atoms with Gasteiger partial charge in [-0.15, -0.1) is 0 Å². The van der Waals surface area contributed by atoms with Crippen LogP contribution in [0.2, 0.25) is 0 Å². The topological polar surface area (TPSA) is 51.5 Å². The Morgan fingerprint density at radius 3 is 2.36 bits per heavy atom. The SMILES string of the molecule is COC(=O)C1CN(Cc2ccccc2)c2c(-c3cccc(C(F)(F)F)c3)c(Cc3cccc4ccccc34)cc(=O)n21. The average molecular weight is 569 g/mol. The van der Waals surface area contributed by atoms with E-state index < -0.39 is 29.3 Å². The summed E-state index contributed by atoms with van der Waals surface area (Å²) >= 11 is 0. The van der Waals surface area contributed by atoms with Crippen molar-refractivity contribution >= 4 is 22.6 Å². The van der Waals surface area contributed by atoms with Crippen molar-refractivity contribution in [2.24, 2.45) is 0 Å². The lowest BCUT2D eigenvalue weighted by atomic mass is 9.92. The first-order valence-corrected chi connectivity index (χ1v) is 13.5. The summed E-state index contributed by atoms with van der Waals surface area (Å²) in [4.78, 5) is 28.6. The molecule has 0 radical (unpaired) electrons. The van der Waals surface area contributed by atoms with Gasteiger partial charge < -0.3 is 9.64 Å². The van der Waals surface area contributed by atoms with Crippen LogP contribution in [0, 0.1) is 0 Å². The van der Waals surface area contributed by atoms with Gasteiger partial charge in [-0.2, -0.15) is 13.2 Å². The molecule has 0 fully saturated rings. The lowest BCUT2D eigenvalue weighted by molar-refractivity contribution is -0.144. The van der Waals surface area contributed by atoms with E-state index in [1.54, 1.807) is 6.07 Å². The van der Waals surface area contributed by atoms with E-state index in [-0.39, 0.29) is 6.54 Å². The number of esters is 1. The Balaban J connectivity index is 1.62. The van der Waals surface area contributed by atoms with E-state index in [0.29, 0.717) is 35.5 Å². The Bertz CT molecular complexity index is 1840. The van der Waals surface area contributed by atoms with Gasteiger partial charge in [-0.25, -0.2) is 4.79 Å². The van der Waals surface area contributed by atoms with Crippen molar-refractivity contribution in [2.45, 2.75) is 25.2 Å². The van der Waals surface area contributed by atoms with E-state index in [1.807, 2.05) is 77.7 Å². The maximum Gasteiger partial charge on any atom is 0.416 e. The van der Waals surface area contributed by atoms with Gasteiger partial charge in [0, 0.05) is 18.2 Å². The Hall–Kier alpha value is -4.85. The number of benzene rings is 4. The van der Waals surface area contributed by atoms with Crippen LogP contribution < -0.4 is 10.5 Å². The van der Waals surface area contributed by atoms with Crippen LogP contribution in [0.3, 0.4) is 0 Å². The van der Waals surface area contributed by atoms with Crippen LogP contribution in [0.25, 0.3) is 21.9 Å². The Labute approximate surface area is 240 Å².